The summed E-state index contributed by atoms with van der Waals surface area (Å²) in [4.78, 5) is 22.7. The summed E-state index contributed by atoms with van der Waals surface area (Å²) in [6, 6.07) is 12.0. The summed E-state index contributed by atoms with van der Waals surface area (Å²) in [6.07, 6.45) is 0.813. The van der Waals surface area contributed by atoms with Crippen LogP contribution < -0.4 is 16.2 Å². The molecule has 0 fully saturated rings. The van der Waals surface area contributed by atoms with Crippen LogP contribution in [0.15, 0.2) is 42.5 Å². The molecule has 2 amide bonds. The van der Waals surface area contributed by atoms with Crippen molar-refractivity contribution in [2.45, 2.75) is 13.3 Å². The summed E-state index contributed by atoms with van der Waals surface area (Å²) in [5.41, 5.74) is 13.0. The first-order valence-corrected chi connectivity index (χ1v) is 7.00. The van der Waals surface area contributed by atoms with Crippen molar-refractivity contribution in [1.29, 1.82) is 0 Å². The van der Waals surface area contributed by atoms with E-state index in [1.54, 1.807) is 36.4 Å². The number of nitrogens with two attached hydrogens (primary N) is 2. The van der Waals surface area contributed by atoms with Crippen molar-refractivity contribution in [2.75, 3.05) is 6.61 Å². The molecule has 114 valence electrons. The highest BCUT2D eigenvalue weighted by Crippen LogP contribution is 2.33. The number of ether oxygens (including phenoxy) is 1. The van der Waals surface area contributed by atoms with Crippen LogP contribution >= 0.6 is 0 Å². The minimum Gasteiger partial charge on any atom is -0.492 e. The van der Waals surface area contributed by atoms with E-state index >= 15 is 0 Å². The fourth-order valence-corrected chi connectivity index (χ4v) is 2.13. The number of para-hydroxylation sites is 1. The van der Waals surface area contributed by atoms with Crippen molar-refractivity contribution in [1.82, 2.24) is 0 Å². The lowest BCUT2D eigenvalue weighted by Gasteiger charge is -2.14. The molecule has 2 aromatic rings. The topological polar surface area (TPSA) is 95.4 Å². The first-order chi connectivity index (χ1) is 10.5. The molecule has 0 saturated heterocycles. The highest BCUT2D eigenvalue weighted by molar-refractivity contribution is 5.98. The standard InChI is InChI=1S/C17H18N2O3/c1-2-10-22-15-13(4-3-5-14(15)17(19)21)11-6-8-12(9-7-11)16(18)20/h3-9H,2,10H2,1H3,(H2,18,20)(H2,19,21). The third-order valence-electron chi connectivity index (χ3n) is 3.21. The summed E-state index contributed by atoms with van der Waals surface area (Å²) >= 11 is 0. The molecule has 0 heterocycles. The van der Waals surface area contributed by atoms with Gasteiger partial charge in [-0.05, 0) is 30.2 Å². The third-order valence-corrected chi connectivity index (χ3v) is 3.21. The van der Waals surface area contributed by atoms with E-state index in [9.17, 15) is 9.59 Å². The Morgan fingerprint density at radius 2 is 1.68 bits per heavy atom. The van der Waals surface area contributed by atoms with Gasteiger partial charge in [-0.15, -0.1) is 0 Å². The molecule has 5 heteroatoms. The molecule has 2 rings (SSSR count). The molecule has 0 radical (unpaired) electrons. The number of primary amides is 2. The molecule has 0 aliphatic carbocycles. The van der Waals surface area contributed by atoms with Crippen LogP contribution in [0.2, 0.25) is 0 Å². The van der Waals surface area contributed by atoms with Crippen LogP contribution in [0.25, 0.3) is 11.1 Å². The van der Waals surface area contributed by atoms with E-state index in [0.29, 0.717) is 23.5 Å². The molecule has 4 N–H and O–H groups in total. The number of benzene rings is 2. The largest absolute Gasteiger partial charge is 0.492 e. The minimum atomic E-state index is -0.540. The Bertz CT molecular complexity index is 694. The van der Waals surface area contributed by atoms with E-state index in [1.165, 1.54) is 0 Å². The first-order valence-electron chi connectivity index (χ1n) is 7.00. The number of amides is 2. The molecule has 0 saturated carbocycles. The van der Waals surface area contributed by atoms with Gasteiger partial charge in [0.05, 0.1) is 12.2 Å². The van der Waals surface area contributed by atoms with Gasteiger partial charge in [-0.2, -0.15) is 0 Å². The van der Waals surface area contributed by atoms with Crippen LogP contribution in [-0.2, 0) is 0 Å². The molecule has 22 heavy (non-hydrogen) atoms. The average Bonchev–Trinajstić information content (AvgIpc) is 2.52. The lowest BCUT2D eigenvalue weighted by atomic mass is 9.99. The lowest BCUT2D eigenvalue weighted by Crippen LogP contribution is -2.14. The average molecular weight is 298 g/mol. The third kappa shape index (κ3) is 3.25. The van der Waals surface area contributed by atoms with E-state index in [2.05, 4.69) is 0 Å². The monoisotopic (exact) mass is 298 g/mol. The number of hydrogen-bond acceptors (Lipinski definition) is 3. The Kier molecular flexibility index (Phi) is 4.78. The molecule has 0 atom stereocenters. The van der Waals surface area contributed by atoms with Crippen molar-refractivity contribution in [2.24, 2.45) is 11.5 Å². The van der Waals surface area contributed by atoms with Crippen LogP contribution in [0, 0.1) is 0 Å². The molecule has 0 aliphatic rings. The van der Waals surface area contributed by atoms with Crippen molar-refractivity contribution in [3.05, 3.63) is 53.6 Å². The Morgan fingerprint density at radius 3 is 2.23 bits per heavy atom. The predicted molar refractivity (Wildman–Crippen MR) is 84.7 cm³/mol. The number of carbonyl (C=O) groups is 2. The van der Waals surface area contributed by atoms with Gasteiger partial charge >= 0.3 is 0 Å². The summed E-state index contributed by atoms with van der Waals surface area (Å²) in [5, 5.41) is 0. The molecule has 2 aromatic carbocycles. The van der Waals surface area contributed by atoms with E-state index in [1.807, 2.05) is 13.0 Å². The normalized spacial score (nSPS) is 10.2. The lowest BCUT2D eigenvalue weighted by molar-refractivity contribution is 0.0989. The zero-order valence-electron chi connectivity index (χ0n) is 12.3. The van der Waals surface area contributed by atoms with Crippen molar-refractivity contribution < 1.29 is 14.3 Å². The highest BCUT2D eigenvalue weighted by Gasteiger charge is 2.15. The molecule has 5 nitrogen and oxygen atoms in total. The van der Waals surface area contributed by atoms with Gasteiger partial charge in [0, 0.05) is 11.1 Å². The number of hydrogen-bond donors (Lipinski definition) is 2. The second-order valence-electron chi connectivity index (χ2n) is 4.84. The van der Waals surface area contributed by atoms with Crippen molar-refractivity contribution in [3.8, 4) is 16.9 Å². The van der Waals surface area contributed by atoms with Crippen LogP contribution in [0.3, 0.4) is 0 Å². The zero-order valence-corrected chi connectivity index (χ0v) is 12.3. The summed E-state index contributed by atoms with van der Waals surface area (Å²) in [5.74, 6) is -0.565. The molecular weight excluding hydrogens is 280 g/mol. The summed E-state index contributed by atoms with van der Waals surface area (Å²) < 4.78 is 5.72. The molecule has 0 aliphatic heterocycles. The van der Waals surface area contributed by atoms with Crippen LogP contribution in [0.5, 0.6) is 5.75 Å². The fourth-order valence-electron chi connectivity index (χ4n) is 2.13. The zero-order chi connectivity index (χ0) is 16.1. The van der Waals surface area contributed by atoms with E-state index in [-0.39, 0.29) is 0 Å². The summed E-state index contributed by atoms with van der Waals surface area (Å²) in [7, 11) is 0. The summed E-state index contributed by atoms with van der Waals surface area (Å²) in [6.45, 7) is 2.46. The second-order valence-corrected chi connectivity index (χ2v) is 4.84. The smallest absolute Gasteiger partial charge is 0.252 e. The van der Waals surface area contributed by atoms with Crippen molar-refractivity contribution >= 4 is 11.8 Å². The maximum Gasteiger partial charge on any atom is 0.252 e. The Balaban J connectivity index is 2.51. The predicted octanol–water partition coefficient (Wildman–Crippen LogP) is 2.34. The Hall–Kier alpha value is -2.82. The first kappa shape index (κ1) is 15.6. The van der Waals surface area contributed by atoms with Gasteiger partial charge in [-0.25, -0.2) is 0 Å². The van der Waals surface area contributed by atoms with Crippen molar-refractivity contribution in [3.63, 3.8) is 0 Å². The molecule has 0 aromatic heterocycles. The van der Waals surface area contributed by atoms with Gasteiger partial charge in [0.25, 0.3) is 5.91 Å². The molecule has 0 bridgehead atoms. The maximum absolute atomic E-state index is 11.6. The molecular formula is C17H18N2O3. The van der Waals surface area contributed by atoms with Gasteiger partial charge in [0.1, 0.15) is 5.75 Å². The maximum atomic E-state index is 11.6. The van der Waals surface area contributed by atoms with Crippen LogP contribution in [0.1, 0.15) is 34.1 Å². The van der Waals surface area contributed by atoms with Gasteiger partial charge in [0.15, 0.2) is 0 Å². The molecule has 0 unspecified atom stereocenters. The number of rotatable bonds is 6. The fraction of sp³-hybridized carbons (Fsp3) is 0.176. The SMILES string of the molecule is CCCOc1c(C(N)=O)cccc1-c1ccc(C(N)=O)cc1. The van der Waals surface area contributed by atoms with Gasteiger partial charge in [-0.3, -0.25) is 9.59 Å². The Morgan fingerprint density at radius 1 is 1.00 bits per heavy atom. The van der Waals surface area contributed by atoms with Gasteiger partial charge in [-0.1, -0.05) is 31.2 Å². The van der Waals surface area contributed by atoms with Crippen LogP contribution in [-0.4, -0.2) is 18.4 Å². The van der Waals surface area contributed by atoms with E-state index < -0.39 is 11.8 Å². The quantitative estimate of drug-likeness (QED) is 0.856. The minimum absolute atomic E-state index is 0.338. The van der Waals surface area contributed by atoms with Gasteiger partial charge in [0.2, 0.25) is 5.91 Å². The Labute approximate surface area is 128 Å². The second kappa shape index (κ2) is 6.76. The van der Waals surface area contributed by atoms with Gasteiger partial charge < -0.3 is 16.2 Å². The van der Waals surface area contributed by atoms with E-state index in [0.717, 1.165) is 17.5 Å². The van der Waals surface area contributed by atoms with E-state index in [4.69, 9.17) is 16.2 Å². The number of carbonyl (C=O) groups excluding carboxylic acids is 2. The highest BCUT2D eigenvalue weighted by atomic mass is 16.5. The van der Waals surface area contributed by atoms with Crippen LogP contribution in [0.4, 0.5) is 0 Å². The molecule has 0 spiro atoms.